The minimum absolute atomic E-state index is 0.282. The zero-order valence-electron chi connectivity index (χ0n) is 14.6. The predicted molar refractivity (Wildman–Crippen MR) is 99.2 cm³/mol. The van der Waals surface area contributed by atoms with E-state index in [1.807, 2.05) is 0 Å². The van der Waals surface area contributed by atoms with Gasteiger partial charge in [0.15, 0.2) is 0 Å². The molecule has 1 heterocycles. The molecule has 0 aliphatic heterocycles. The molecule has 0 saturated heterocycles. The van der Waals surface area contributed by atoms with Gasteiger partial charge in [-0.25, -0.2) is 4.79 Å². The maximum atomic E-state index is 12.6. The Kier molecular flexibility index (Phi) is 5.68. The zero-order valence-corrected chi connectivity index (χ0v) is 14.6. The van der Waals surface area contributed by atoms with Gasteiger partial charge in [-0.1, -0.05) is 24.3 Å². The molecule has 1 aromatic heterocycles. The number of nitrogens with zero attached hydrogens (tertiary/aromatic N) is 4. The average Bonchev–Trinajstić information content (AvgIpc) is 3.22. The summed E-state index contributed by atoms with van der Waals surface area (Å²) in [6.07, 6.45) is 4.44. The summed E-state index contributed by atoms with van der Waals surface area (Å²) in [6, 6.07) is 14.1. The number of rotatable bonds is 6. The van der Waals surface area contributed by atoms with Gasteiger partial charge in [0.2, 0.25) is 0 Å². The highest BCUT2D eigenvalue weighted by molar-refractivity contribution is 6.06. The molecule has 8 heteroatoms. The van der Waals surface area contributed by atoms with E-state index < -0.39 is 5.97 Å². The Labute approximate surface area is 155 Å². The van der Waals surface area contributed by atoms with Gasteiger partial charge in [0.1, 0.15) is 6.33 Å². The van der Waals surface area contributed by atoms with Gasteiger partial charge in [-0.2, -0.15) is 4.68 Å². The van der Waals surface area contributed by atoms with Crippen molar-refractivity contribution in [1.82, 2.24) is 20.2 Å². The highest BCUT2D eigenvalue weighted by atomic mass is 16.5. The van der Waals surface area contributed by atoms with Crippen molar-refractivity contribution in [2.45, 2.75) is 6.92 Å². The number of carbonyl (C=O) groups is 2. The van der Waals surface area contributed by atoms with Crippen molar-refractivity contribution in [3.63, 3.8) is 0 Å². The van der Waals surface area contributed by atoms with Gasteiger partial charge in [-0.15, -0.1) is 5.10 Å². The highest BCUT2D eigenvalue weighted by Crippen LogP contribution is 2.16. The minimum atomic E-state index is -0.394. The first-order valence-corrected chi connectivity index (χ1v) is 8.26. The molecule has 0 fully saturated rings. The molecule has 1 amide bonds. The van der Waals surface area contributed by atoms with Crippen molar-refractivity contribution in [2.24, 2.45) is 0 Å². The first-order valence-electron chi connectivity index (χ1n) is 8.26. The van der Waals surface area contributed by atoms with Gasteiger partial charge < -0.3 is 10.1 Å². The fraction of sp³-hybridized carbons (Fsp3) is 0.105. The smallest absolute Gasteiger partial charge is 0.330 e. The molecule has 0 aliphatic carbocycles. The third-order valence-corrected chi connectivity index (χ3v) is 3.61. The van der Waals surface area contributed by atoms with Crippen molar-refractivity contribution in [1.29, 1.82) is 0 Å². The van der Waals surface area contributed by atoms with E-state index in [-0.39, 0.29) is 5.91 Å². The van der Waals surface area contributed by atoms with Crippen molar-refractivity contribution >= 4 is 23.6 Å². The number of aromatic nitrogens is 4. The van der Waals surface area contributed by atoms with Gasteiger partial charge in [0, 0.05) is 11.8 Å². The molecule has 0 bridgehead atoms. The van der Waals surface area contributed by atoms with Gasteiger partial charge >= 0.3 is 5.97 Å². The molecule has 0 unspecified atom stereocenters. The summed E-state index contributed by atoms with van der Waals surface area (Å²) < 4.78 is 6.26. The van der Waals surface area contributed by atoms with Gasteiger partial charge in [0.25, 0.3) is 5.91 Å². The molecule has 0 atom stereocenters. The Morgan fingerprint density at radius 1 is 1.15 bits per heavy atom. The van der Waals surface area contributed by atoms with Crippen LogP contribution in [-0.4, -0.2) is 38.7 Å². The van der Waals surface area contributed by atoms with E-state index >= 15 is 0 Å². The number of hydrogen-bond donors (Lipinski definition) is 1. The number of esters is 1. The molecule has 3 rings (SSSR count). The van der Waals surface area contributed by atoms with E-state index in [2.05, 4.69) is 20.8 Å². The number of nitrogens with one attached hydrogen (secondary N) is 1. The third-order valence-electron chi connectivity index (χ3n) is 3.61. The lowest BCUT2D eigenvalue weighted by atomic mass is 10.1. The van der Waals surface area contributed by atoms with Crippen molar-refractivity contribution in [3.05, 3.63) is 72.1 Å². The van der Waals surface area contributed by atoms with E-state index in [1.165, 1.54) is 17.1 Å². The summed E-state index contributed by atoms with van der Waals surface area (Å²) in [5, 5.41) is 13.9. The van der Waals surface area contributed by atoms with E-state index in [4.69, 9.17) is 4.74 Å². The fourth-order valence-corrected chi connectivity index (χ4v) is 2.37. The minimum Gasteiger partial charge on any atom is -0.463 e. The molecule has 136 valence electrons. The normalized spacial score (nSPS) is 10.7. The Morgan fingerprint density at radius 3 is 2.63 bits per heavy atom. The van der Waals surface area contributed by atoms with Crippen LogP contribution in [-0.2, 0) is 9.53 Å². The standard InChI is InChI=1S/C19H17N5O3/c1-2-27-18(25)12-9-14-7-10-15(11-8-14)21-19(26)16-5-3-4-6-17(16)24-13-20-22-23-24/h3-13H,2H2,1H3,(H,21,26)/b12-9+. The second kappa shape index (κ2) is 8.52. The number of tetrazole rings is 1. The van der Waals surface area contributed by atoms with E-state index in [1.54, 1.807) is 61.5 Å². The maximum Gasteiger partial charge on any atom is 0.330 e. The summed E-state index contributed by atoms with van der Waals surface area (Å²) in [4.78, 5) is 24.0. The number of benzene rings is 2. The predicted octanol–water partition coefficient (Wildman–Crippen LogP) is 2.49. The molecular formula is C19H17N5O3. The van der Waals surface area contributed by atoms with Crippen LogP contribution in [0.25, 0.3) is 11.8 Å². The first kappa shape index (κ1) is 18.0. The molecule has 0 aliphatic rings. The van der Waals surface area contributed by atoms with Crippen molar-refractivity contribution in [3.8, 4) is 5.69 Å². The highest BCUT2D eigenvalue weighted by Gasteiger charge is 2.13. The van der Waals surface area contributed by atoms with Gasteiger partial charge in [-0.3, -0.25) is 4.79 Å². The molecule has 2 aromatic carbocycles. The summed E-state index contributed by atoms with van der Waals surface area (Å²) in [5.74, 6) is -0.676. The lowest BCUT2D eigenvalue weighted by Crippen LogP contribution is -2.15. The lowest BCUT2D eigenvalue weighted by molar-refractivity contribution is -0.137. The number of carbonyl (C=O) groups excluding carboxylic acids is 2. The molecule has 8 nitrogen and oxygen atoms in total. The van der Waals surface area contributed by atoms with Crippen LogP contribution >= 0.6 is 0 Å². The van der Waals surface area contributed by atoms with Crippen LogP contribution in [0, 0.1) is 0 Å². The lowest BCUT2D eigenvalue weighted by Gasteiger charge is -2.09. The van der Waals surface area contributed by atoms with Gasteiger partial charge in [0.05, 0.1) is 17.9 Å². The quantitative estimate of drug-likeness (QED) is 0.534. The molecule has 0 spiro atoms. The number of hydrogen-bond acceptors (Lipinski definition) is 6. The van der Waals surface area contributed by atoms with Crippen LogP contribution in [0.4, 0.5) is 5.69 Å². The third kappa shape index (κ3) is 4.63. The summed E-state index contributed by atoms with van der Waals surface area (Å²) in [6.45, 7) is 2.08. The Balaban J connectivity index is 1.71. The summed E-state index contributed by atoms with van der Waals surface area (Å²) in [7, 11) is 0. The molecule has 0 saturated carbocycles. The average molecular weight is 363 g/mol. The van der Waals surface area contributed by atoms with Crippen LogP contribution in [0.3, 0.4) is 0 Å². The first-order chi connectivity index (χ1) is 13.2. The largest absolute Gasteiger partial charge is 0.463 e. The fourth-order valence-electron chi connectivity index (χ4n) is 2.37. The number of ether oxygens (including phenoxy) is 1. The van der Waals surface area contributed by atoms with E-state index in [0.717, 1.165) is 5.56 Å². The number of amides is 1. The molecule has 3 aromatic rings. The van der Waals surface area contributed by atoms with E-state index in [0.29, 0.717) is 23.5 Å². The van der Waals surface area contributed by atoms with Crippen LogP contribution < -0.4 is 5.32 Å². The summed E-state index contributed by atoms with van der Waals surface area (Å²) >= 11 is 0. The monoisotopic (exact) mass is 363 g/mol. The molecular weight excluding hydrogens is 346 g/mol. The second-order valence-electron chi connectivity index (χ2n) is 5.43. The molecule has 27 heavy (non-hydrogen) atoms. The summed E-state index contributed by atoms with van der Waals surface area (Å²) in [5.41, 5.74) is 2.46. The second-order valence-corrected chi connectivity index (χ2v) is 5.43. The van der Waals surface area contributed by atoms with Crippen LogP contribution in [0.15, 0.2) is 60.9 Å². The number of para-hydroxylation sites is 1. The van der Waals surface area contributed by atoms with Gasteiger partial charge in [-0.05, 0) is 53.3 Å². The Hall–Kier alpha value is -3.81. The van der Waals surface area contributed by atoms with E-state index in [9.17, 15) is 9.59 Å². The Bertz CT molecular complexity index is 950. The van der Waals surface area contributed by atoms with Crippen LogP contribution in [0.2, 0.25) is 0 Å². The number of anilines is 1. The molecule has 0 radical (unpaired) electrons. The SMILES string of the molecule is CCOC(=O)/C=C/c1ccc(NC(=O)c2ccccc2-n2cnnn2)cc1. The Morgan fingerprint density at radius 2 is 1.93 bits per heavy atom. The molecule has 1 N–H and O–H groups in total. The van der Waals surface area contributed by atoms with Crippen LogP contribution in [0.5, 0.6) is 0 Å². The van der Waals surface area contributed by atoms with Crippen LogP contribution in [0.1, 0.15) is 22.8 Å². The zero-order chi connectivity index (χ0) is 19.1. The topological polar surface area (TPSA) is 99.0 Å². The maximum absolute atomic E-state index is 12.6. The van der Waals surface area contributed by atoms with Crippen molar-refractivity contribution < 1.29 is 14.3 Å². The van der Waals surface area contributed by atoms with Crippen molar-refractivity contribution in [2.75, 3.05) is 11.9 Å².